The van der Waals surface area contributed by atoms with Gasteiger partial charge in [-0.1, -0.05) is 0 Å². The Morgan fingerprint density at radius 1 is 1.56 bits per heavy atom. The first-order valence-corrected chi connectivity index (χ1v) is 6.01. The second-order valence-electron chi connectivity index (χ2n) is 4.86. The van der Waals surface area contributed by atoms with Crippen molar-refractivity contribution in [2.75, 3.05) is 20.3 Å². The van der Waals surface area contributed by atoms with Gasteiger partial charge in [-0.05, 0) is 43.7 Å². The van der Waals surface area contributed by atoms with Crippen LogP contribution in [0.1, 0.15) is 38.0 Å². The highest BCUT2D eigenvalue weighted by Gasteiger charge is 2.41. The molecule has 1 saturated carbocycles. The lowest BCUT2D eigenvalue weighted by Gasteiger charge is -2.18. The fraction of sp³-hybridized carbons (Fsp3) is 0.692. The van der Waals surface area contributed by atoms with Crippen LogP contribution in [0.15, 0.2) is 22.8 Å². The molecule has 0 saturated heterocycles. The predicted molar refractivity (Wildman–Crippen MR) is 63.3 cm³/mol. The van der Waals surface area contributed by atoms with Crippen molar-refractivity contribution < 1.29 is 9.15 Å². The maximum absolute atomic E-state index is 5.37. The molecule has 1 aromatic heterocycles. The minimum Gasteiger partial charge on any atom is -0.468 e. The van der Waals surface area contributed by atoms with E-state index in [-0.39, 0.29) is 0 Å². The van der Waals surface area contributed by atoms with Crippen molar-refractivity contribution in [1.29, 1.82) is 0 Å². The summed E-state index contributed by atoms with van der Waals surface area (Å²) in [6.07, 6.45) is 5.55. The maximum Gasteiger partial charge on any atom is 0.120 e. The fourth-order valence-corrected chi connectivity index (χ4v) is 2.02. The number of hydrogen-bond donors (Lipinski definition) is 1. The van der Waals surface area contributed by atoms with Gasteiger partial charge in [0.1, 0.15) is 5.76 Å². The molecule has 1 fully saturated rings. The van der Waals surface area contributed by atoms with Crippen molar-refractivity contribution in [3.63, 3.8) is 0 Å². The van der Waals surface area contributed by atoms with E-state index in [2.05, 4.69) is 12.2 Å². The first-order valence-electron chi connectivity index (χ1n) is 6.01. The lowest BCUT2D eigenvalue weighted by Crippen LogP contribution is -2.27. The second-order valence-corrected chi connectivity index (χ2v) is 4.86. The smallest absolute Gasteiger partial charge is 0.120 e. The van der Waals surface area contributed by atoms with Crippen molar-refractivity contribution >= 4 is 0 Å². The van der Waals surface area contributed by atoms with Crippen LogP contribution >= 0.6 is 0 Å². The fourth-order valence-electron chi connectivity index (χ4n) is 2.02. The molecule has 1 atom stereocenters. The van der Waals surface area contributed by atoms with E-state index < -0.39 is 0 Å². The third kappa shape index (κ3) is 2.86. The van der Waals surface area contributed by atoms with E-state index in [0.29, 0.717) is 11.5 Å². The molecule has 1 aliphatic carbocycles. The van der Waals surface area contributed by atoms with Gasteiger partial charge in [-0.3, -0.25) is 0 Å². The van der Waals surface area contributed by atoms with E-state index in [0.717, 1.165) is 18.9 Å². The van der Waals surface area contributed by atoms with Crippen molar-refractivity contribution in [3.8, 4) is 0 Å². The Bertz CT molecular complexity index is 304. The summed E-state index contributed by atoms with van der Waals surface area (Å²) < 4.78 is 10.5. The number of methoxy groups -OCH3 is 1. The molecule has 1 unspecified atom stereocenters. The molecule has 0 bridgehead atoms. The molecule has 3 nitrogen and oxygen atoms in total. The van der Waals surface area contributed by atoms with Crippen LogP contribution in [0.2, 0.25) is 0 Å². The van der Waals surface area contributed by atoms with Gasteiger partial charge in [0.05, 0.1) is 12.3 Å². The van der Waals surface area contributed by atoms with Crippen molar-refractivity contribution in [3.05, 3.63) is 24.2 Å². The Labute approximate surface area is 97.2 Å². The van der Waals surface area contributed by atoms with Crippen LogP contribution in [0.3, 0.4) is 0 Å². The standard InChI is InChI=1S/C13H21NO2/c1-11(12-4-3-8-16-12)14-10-13(5-6-13)7-9-15-2/h3-4,8,11,14H,5-7,9-10H2,1-2H3. The topological polar surface area (TPSA) is 34.4 Å². The van der Waals surface area contributed by atoms with Crippen LogP contribution in [0, 0.1) is 5.41 Å². The lowest BCUT2D eigenvalue weighted by atomic mass is 10.0. The Kier molecular flexibility index (Phi) is 3.66. The van der Waals surface area contributed by atoms with Gasteiger partial charge < -0.3 is 14.5 Å². The van der Waals surface area contributed by atoms with Crippen molar-refractivity contribution in [2.45, 2.75) is 32.2 Å². The number of hydrogen-bond acceptors (Lipinski definition) is 3. The highest BCUT2D eigenvalue weighted by atomic mass is 16.5. The van der Waals surface area contributed by atoms with Gasteiger partial charge in [-0.15, -0.1) is 0 Å². The number of ether oxygens (including phenoxy) is 1. The van der Waals surface area contributed by atoms with E-state index in [9.17, 15) is 0 Å². The third-order valence-corrected chi connectivity index (χ3v) is 3.55. The van der Waals surface area contributed by atoms with Crippen LogP contribution < -0.4 is 5.32 Å². The van der Waals surface area contributed by atoms with E-state index >= 15 is 0 Å². The van der Waals surface area contributed by atoms with Crippen LogP contribution in [0.4, 0.5) is 0 Å². The Hall–Kier alpha value is -0.800. The number of furan rings is 1. The van der Waals surface area contributed by atoms with E-state index in [1.165, 1.54) is 19.3 Å². The predicted octanol–water partition coefficient (Wildman–Crippen LogP) is 2.75. The summed E-state index contributed by atoms with van der Waals surface area (Å²) in [6.45, 7) is 4.08. The van der Waals surface area contributed by atoms with Crippen LogP contribution in [-0.4, -0.2) is 20.3 Å². The Morgan fingerprint density at radius 2 is 2.38 bits per heavy atom. The summed E-state index contributed by atoms with van der Waals surface area (Å²) in [5, 5.41) is 3.55. The average Bonchev–Trinajstić information content (AvgIpc) is 2.85. The summed E-state index contributed by atoms with van der Waals surface area (Å²) in [5.41, 5.74) is 0.497. The van der Waals surface area contributed by atoms with Gasteiger partial charge >= 0.3 is 0 Å². The Balaban J connectivity index is 1.75. The molecule has 2 rings (SSSR count). The molecule has 0 aliphatic heterocycles. The van der Waals surface area contributed by atoms with Gasteiger partial charge in [0.15, 0.2) is 0 Å². The molecule has 1 N–H and O–H groups in total. The summed E-state index contributed by atoms with van der Waals surface area (Å²) in [5.74, 6) is 1.02. The molecule has 1 heterocycles. The van der Waals surface area contributed by atoms with Gasteiger partial charge in [0, 0.05) is 20.3 Å². The van der Waals surface area contributed by atoms with Gasteiger partial charge in [0.25, 0.3) is 0 Å². The van der Waals surface area contributed by atoms with E-state index in [1.807, 2.05) is 12.1 Å². The zero-order valence-corrected chi connectivity index (χ0v) is 10.2. The zero-order chi connectivity index (χ0) is 11.4. The molecular weight excluding hydrogens is 202 g/mol. The minimum absolute atomic E-state index is 0.301. The molecule has 0 radical (unpaired) electrons. The van der Waals surface area contributed by atoms with Crippen LogP contribution in [0.5, 0.6) is 0 Å². The monoisotopic (exact) mass is 223 g/mol. The quantitative estimate of drug-likeness (QED) is 0.771. The zero-order valence-electron chi connectivity index (χ0n) is 10.2. The minimum atomic E-state index is 0.301. The van der Waals surface area contributed by atoms with E-state index in [1.54, 1.807) is 13.4 Å². The van der Waals surface area contributed by atoms with Gasteiger partial charge in [-0.25, -0.2) is 0 Å². The molecule has 3 heteroatoms. The summed E-state index contributed by atoms with van der Waals surface area (Å²) in [4.78, 5) is 0. The van der Waals surface area contributed by atoms with Crippen LogP contribution in [-0.2, 0) is 4.74 Å². The largest absolute Gasteiger partial charge is 0.468 e. The number of nitrogens with one attached hydrogen (secondary N) is 1. The molecular formula is C13H21NO2. The third-order valence-electron chi connectivity index (χ3n) is 3.55. The van der Waals surface area contributed by atoms with Gasteiger partial charge in [-0.2, -0.15) is 0 Å². The molecule has 16 heavy (non-hydrogen) atoms. The van der Waals surface area contributed by atoms with Gasteiger partial charge in [0.2, 0.25) is 0 Å². The molecule has 1 aliphatic rings. The second kappa shape index (κ2) is 5.02. The molecule has 1 aromatic rings. The molecule has 90 valence electrons. The summed E-state index contributed by atoms with van der Waals surface area (Å²) in [7, 11) is 1.77. The van der Waals surface area contributed by atoms with E-state index in [4.69, 9.17) is 9.15 Å². The molecule has 0 aromatic carbocycles. The van der Waals surface area contributed by atoms with Crippen molar-refractivity contribution in [1.82, 2.24) is 5.32 Å². The van der Waals surface area contributed by atoms with Crippen molar-refractivity contribution in [2.24, 2.45) is 5.41 Å². The lowest BCUT2D eigenvalue weighted by molar-refractivity contribution is 0.170. The maximum atomic E-state index is 5.37. The summed E-state index contributed by atoms with van der Waals surface area (Å²) >= 11 is 0. The molecule has 0 spiro atoms. The summed E-state index contributed by atoms with van der Waals surface area (Å²) in [6, 6.07) is 4.26. The SMILES string of the molecule is COCCC1(CNC(C)c2ccco2)CC1. The highest BCUT2D eigenvalue weighted by Crippen LogP contribution is 2.48. The van der Waals surface area contributed by atoms with Crippen LogP contribution in [0.25, 0.3) is 0 Å². The first kappa shape index (κ1) is 11.7. The number of rotatable bonds is 7. The molecule has 0 amide bonds. The highest BCUT2D eigenvalue weighted by molar-refractivity contribution is 5.04. The average molecular weight is 223 g/mol. The first-order chi connectivity index (χ1) is 7.76. The normalized spacial score (nSPS) is 19.6. The Morgan fingerprint density at radius 3 is 2.94 bits per heavy atom.